The van der Waals surface area contributed by atoms with Crippen LogP contribution >= 0.6 is 11.3 Å². The van der Waals surface area contributed by atoms with E-state index >= 15 is 0 Å². The Labute approximate surface area is 114 Å². The molecule has 100 valence electrons. The summed E-state index contributed by atoms with van der Waals surface area (Å²) in [5.74, 6) is -1.30. The van der Waals surface area contributed by atoms with Crippen LogP contribution in [0.2, 0.25) is 0 Å². The second-order valence-corrected chi connectivity index (χ2v) is 5.32. The molecule has 1 amide bonds. The van der Waals surface area contributed by atoms with Crippen LogP contribution in [0.15, 0.2) is 24.3 Å². The van der Waals surface area contributed by atoms with E-state index in [1.165, 1.54) is 6.92 Å². The van der Waals surface area contributed by atoms with Gasteiger partial charge in [-0.1, -0.05) is 12.1 Å². The number of carbonyl (C=O) groups is 2. The van der Waals surface area contributed by atoms with E-state index in [9.17, 15) is 9.59 Å². The Morgan fingerprint density at radius 3 is 2.84 bits per heavy atom. The first-order valence-corrected chi connectivity index (χ1v) is 6.74. The first kappa shape index (κ1) is 13.5. The number of benzene rings is 1. The Kier molecular flexibility index (Phi) is 4.11. The number of thiazole rings is 1. The van der Waals surface area contributed by atoms with Gasteiger partial charge in [-0.2, -0.15) is 0 Å². The summed E-state index contributed by atoms with van der Waals surface area (Å²) < 4.78 is 1.09. The zero-order chi connectivity index (χ0) is 13.8. The summed E-state index contributed by atoms with van der Waals surface area (Å²) in [6.07, 6.45) is 0.773. The minimum absolute atomic E-state index is 0.247. The number of fused-ring (bicyclic) bond motifs is 1. The molecule has 1 heterocycles. The summed E-state index contributed by atoms with van der Waals surface area (Å²) in [6.45, 7) is 1.44. The molecule has 0 saturated carbocycles. The number of hydrogen-bond donors (Lipinski definition) is 2. The van der Waals surface area contributed by atoms with E-state index in [1.54, 1.807) is 11.3 Å². The molecule has 0 radical (unpaired) electrons. The molecule has 6 heteroatoms. The Morgan fingerprint density at radius 1 is 1.42 bits per heavy atom. The van der Waals surface area contributed by atoms with E-state index in [2.05, 4.69) is 10.3 Å². The zero-order valence-corrected chi connectivity index (χ0v) is 11.2. The van der Waals surface area contributed by atoms with Crippen LogP contribution < -0.4 is 5.32 Å². The summed E-state index contributed by atoms with van der Waals surface area (Å²) >= 11 is 1.56. The van der Waals surface area contributed by atoms with Gasteiger partial charge in [-0.05, 0) is 19.1 Å². The second kappa shape index (κ2) is 5.79. The van der Waals surface area contributed by atoms with Gasteiger partial charge in [0.2, 0.25) is 5.91 Å². The van der Waals surface area contributed by atoms with Gasteiger partial charge in [0.1, 0.15) is 6.04 Å². The number of carbonyl (C=O) groups excluding carboxylic acids is 1. The third-order valence-electron chi connectivity index (χ3n) is 2.65. The number of rotatable bonds is 5. The Bertz CT molecular complexity index is 576. The van der Waals surface area contributed by atoms with Crippen molar-refractivity contribution < 1.29 is 14.7 Å². The molecule has 2 rings (SSSR count). The number of aryl methyl sites for hydroxylation is 1. The van der Waals surface area contributed by atoms with Crippen molar-refractivity contribution in [3.05, 3.63) is 29.3 Å². The average Bonchev–Trinajstić information content (AvgIpc) is 2.78. The van der Waals surface area contributed by atoms with E-state index in [0.29, 0.717) is 6.42 Å². The van der Waals surface area contributed by atoms with Crippen molar-refractivity contribution >= 4 is 33.4 Å². The van der Waals surface area contributed by atoms with Crippen molar-refractivity contribution in [2.45, 2.75) is 25.8 Å². The van der Waals surface area contributed by atoms with Gasteiger partial charge < -0.3 is 10.4 Å². The van der Waals surface area contributed by atoms with E-state index in [1.807, 2.05) is 24.3 Å². The monoisotopic (exact) mass is 278 g/mol. The highest BCUT2D eigenvalue weighted by atomic mass is 32.1. The molecule has 19 heavy (non-hydrogen) atoms. The number of para-hydroxylation sites is 1. The van der Waals surface area contributed by atoms with Crippen molar-refractivity contribution in [3.8, 4) is 0 Å². The molecule has 0 spiro atoms. The lowest BCUT2D eigenvalue weighted by atomic mass is 10.2. The second-order valence-electron chi connectivity index (χ2n) is 4.20. The summed E-state index contributed by atoms with van der Waals surface area (Å²) in [5, 5.41) is 12.0. The zero-order valence-electron chi connectivity index (χ0n) is 10.4. The topological polar surface area (TPSA) is 79.3 Å². The van der Waals surface area contributed by atoms with E-state index in [-0.39, 0.29) is 12.3 Å². The molecule has 0 aliphatic rings. The molecule has 1 aromatic carbocycles. The third-order valence-corrected chi connectivity index (χ3v) is 3.75. The maximum atomic E-state index is 11.5. The quantitative estimate of drug-likeness (QED) is 0.874. The SMILES string of the molecule is CC(NC(=O)CCc1nc2ccccc2s1)C(=O)O. The first-order valence-electron chi connectivity index (χ1n) is 5.93. The number of aliphatic carboxylic acids is 1. The summed E-state index contributed by atoms with van der Waals surface area (Å²) in [6, 6.07) is 6.94. The van der Waals surface area contributed by atoms with Gasteiger partial charge >= 0.3 is 5.97 Å². The van der Waals surface area contributed by atoms with Gasteiger partial charge in [-0.25, -0.2) is 4.98 Å². The largest absolute Gasteiger partial charge is 0.480 e. The summed E-state index contributed by atoms with van der Waals surface area (Å²) in [7, 11) is 0. The Morgan fingerprint density at radius 2 is 2.16 bits per heavy atom. The number of aromatic nitrogens is 1. The lowest BCUT2D eigenvalue weighted by Crippen LogP contribution is -2.38. The fourth-order valence-electron chi connectivity index (χ4n) is 1.62. The van der Waals surface area contributed by atoms with Gasteiger partial charge in [0.25, 0.3) is 0 Å². The minimum Gasteiger partial charge on any atom is -0.480 e. The lowest BCUT2D eigenvalue weighted by Gasteiger charge is -2.08. The van der Waals surface area contributed by atoms with Crippen LogP contribution in [0.25, 0.3) is 10.2 Å². The Hall–Kier alpha value is -1.95. The standard InChI is InChI=1S/C13H14N2O3S/c1-8(13(17)18)14-11(16)6-7-12-15-9-4-2-3-5-10(9)19-12/h2-5,8H,6-7H2,1H3,(H,14,16)(H,17,18). The van der Waals surface area contributed by atoms with Crippen molar-refractivity contribution in [3.63, 3.8) is 0 Å². The molecule has 0 aliphatic heterocycles. The van der Waals surface area contributed by atoms with Crippen LogP contribution in [-0.4, -0.2) is 28.0 Å². The number of nitrogens with zero attached hydrogens (tertiary/aromatic N) is 1. The van der Waals surface area contributed by atoms with E-state index < -0.39 is 12.0 Å². The summed E-state index contributed by atoms with van der Waals surface area (Å²) in [4.78, 5) is 26.6. The molecule has 2 N–H and O–H groups in total. The fraction of sp³-hybridized carbons (Fsp3) is 0.308. The number of carboxylic acids is 1. The summed E-state index contributed by atoms with van der Waals surface area (Å²) in [5.41, 5.74) is 0.932. The van der Waals surface area contributed by atoms with Crippen LogP contribution in [0.3, 0.4) is 0 Å². The highest BCUT2D eigenvalue weighted by molar-refractivity contribution is 7.18. The molecule has 0 saturated heterocycles. The van der Waals surface area contributed by atoms with Crippen molar-refractivity contribution in [2.75, 3.05) is 0 Å². The van der Waals surface area contributed by atoms with Crippen molar-refractivity contribution in [2.24, 2.45) is 0 Å². The van der Waals surface area contributed by atoms with Crippen LogP contribution in [0, 0.1) is 0 Å². The van der Waals surface area contributed by atoms with Crippen LogP contribution in [-0.2, 0) is 16.0 Å². The molecule has 5 nitrogen and oxygen atoms in total. The van der Waals surface area contributed by atoms with Crippen LogP contribution in [0.5, 0.6) is 0 Å². The Balaban J connectivity index is 1.91. The van der Waals surface area contributed by atoms with E-state index in [4.69, 9.17) is 5.11 Å². The molecule has 0 fully saturated rings. The van der Waals surface area contributed by atoms with Crippen molar-refractivity contribution in [1.29, 1.82) is 0 Å². The first-order chi connectivity index (χ1) is 9.06. The van der Waals surface area contributed by atoms with Gasteiger partial charge in [0.05, 0.1) is 15.2 Å². The normalized spacial score (nSPS) is 12.3. The van der Waals surface area contributed by atoms with Gasteiger partial charge in [-0.3, -0.25) is 9.59 Å². The third kappa shape index (κ3) is 3.51. The number of amides is 1. The number of carboxylic acid groups (broad SMARTS) is 1. The molecule has 1 atom stereocenters. The van der Waals surface area contributed by atoms with Gasteiger partial charge in [0.15, 0.2) is 0 Å². The predicted octanol–water partition coefficient (Wildman–Crippen LogP) is 1.82. The highest BCUT2D eigenvalue weighted by Crippen LogP contribution is 2.22. The maximum Gasteiger partial charge on any atom is 0.325 e. The van der Waals surface area contributed by atoms with Crippen molar-refractivity contribution in [1.82, 2.24) is 10.3 Å². The molecular formula is C13H14N2O3S. The smallest absolute Gasteiger partial charge is 0.325 e. The molecule has 1 unspecified atom stereocenters. The van der Waals surface area contributed by atoms with E-state index in [0.717, 1.165) is 15.2 Å². The van der Waals surface area contributed by atoms with Gasteiger partial charge in [-0.15, -0.1) is 11.3 Å². The minimum atomic E-state index is -1.03. The number of nitrogens with one attached hydrogen (secondary N) is 1. The molecule has 0 bridgehead atoms. The molecule has 1 aromatic heterocycles. The molecular weight excluding hydrogens is 264 g/mol. The van der Waals surface area contributed by atoms with Gasteiger partial charge in [0, 0.05) is 12.8 Å². The average molecular weight is 278 g/mol. The molecule has 0 aliphatic carbocycles. The lowest BCUT2D eigenvalue weighted by molar-refractivity contribution is -0.141. The number of hydrogen-bond acceptors (Lipinski definition) is 4. The fourth-order valence-corrected chi connectivity index (χ4v) is 2.59. The van der Waals surface area contributed by atoms with Crippen LogP contribution in [0.1, 0.15) is 18.4 Å². The predicted molar refractivity (Wildman–Crippen MR) is 73.2 cm³/mol. The molecule has 2 aromatic rings. The highest BCUT2D eigenvalue weighted by Gasteiger charge is 2.14. The van der Waals surface area contributed by atoms with Crippen LogP contribution in [0.4, 0.5) is 0 Å². The maximum absolute atomic E-state index is 11.5.